The van der Waals surface area contributed by atoms with Crippen molar-refractivity contribution >= 4 is 29.5 Å². The van der Waals surface area contributed by atoms with Gasteiger partial charge in [-0.25, -0.2) is 9.59 Å². The molecule has 0 fully saturated rings. The number of carboxylic acid groups (broad SMARTS) is 1. The first-order chi connectivity index (χ1) is 7.61. The van der Waals surface area contributed by atoms with Crippen LogP contribution in [0.25, 0.3) is 6.08 Å². The van der Waals surface area contributed by atoms with Crippen LogP contribution in [0.5, 0.6) is 0 Å². The maximum atomic E-state index is 10.8. The Morgan fingerprint density at radius 2 is 2.38 bits per heavy atom. The first kappa shape index (κ1) is 12.3. The minimum atomic E-state index is -0.986. The molecule has 16 heavy (non-hydrogen) atoms. The number of amides is 1. The Morgan fingerprint density at radius 3 is 3.00 bits per heavy atom. The van der Waals surface area contributed by atoms with Crippen molar-refractivity contribution in [1.29, 1.82) is 0 Å². The van der Waals surface area contributed by atoms with E-state index >= 15 is 0 Å². The standard InChI is InChI=1S/C10H11NO4S/c1-15-10(14)11-5-8-4-7(6-16-8)2-3-9(12)13/h2-4,6H,5H2,1H3,(H,11,14)(H,12,13). The Hall–Kier alpha value is -1.82. The minimum Gasteiger partial charge on any atom is -0.478 e. The zero-order valence-corrected chi connectivity index (χ0v) is 9.41. The van der Waals surface area contributed by atoms with Crippen LogP contribution in [0.2, 0.25) is 0 Å². The maximum absolute atomic E-state index is 10.8. The van der Waals surface area contributed by atoms with Gasteiger partial charge in [-0.3, -0.25) is 0 Å². The minimum absolute atomic E-state index is 0.373. The SMILES string of the molecule is COC(=O)NCc1cc(C=CC(=O)O)cs1. The molecule has 0 spiro atoms. The molecule has 1 heterocycles. The van der Waals surface area contributed by atoms with Crippen molar-refractivity contribution in [2.75, 3.05) is 7.11 Å². The van der Waals surface area contributed by atoms with Crippen LogP contribution in [0.1, 0.15) is 10.4 Å². The van der Waals surface area contributed by atoms with Gasteiger partial charge in [0.25, 0.3) is 0 Å². The van der Waals surface area contributed by atoms with E-state index in [0.717, 1.165) is 16.5 Å². The third-order valence-electron chi connectivity index (χ3n) is 1.68. The number of nitrogens with one attached hydrogen (secondary N) is 1. The van der Waals surface area contributed by atoms with E-state index in [-0.39, 0.29) is 0 Å². The molecule has 2 N–H and O–H groups in total. The molecular formula is C10H11NO4S. The first-order valence-corrected chi connectivity index (χ1v) is 5.30. The average molecular weight is 241 g/mol. The van der Waals surface area contributed by atoms with Crippen LogP contribution in [0, 0.1) is 0 Å². The Morgan fingerprint density at radius 1 is 1.62 bits per heavy atom. The molecule has 0 aromatic carbocycles. The molecule has 6 heteroatoms. The van der Waals surface area contributed by atoms with E-state index in [1.54, 1.807) is 6.07 Å². The Bertz CT molecular complexity index is 411. The fraction of sp³-hybridized carbons (Fsp3) is 0.200. The largest absolute Gasteiger partial charge is 0.478 e. The number of carboxylic acids is 1. The van der Waals surface area contributed by atoms with Gasteiger partial charge in [0, 0.05) is 11.0 Å². The lowest BCUT2D eigenvalue weighted by Crippen LogP contribution is -2.21. The highest BCUT2D eigenvalue weighted by Gasteiger charge is 2.01. The number of ether oxygens (including phenoxy) is 1. The topological polar surface area (TPSA) is 75.6 Å². The summed E-state index contributed by atoms with van der Waals surface area (Å²) >= 11 is 1.44. The number of carbonyl (C=O) groups is 2. The van der Waals surface area contributed by atoms with E-state index in [1.807, 2.05) is 5.38 Å². The van der Waals surface area contributed by atoms with Gasteiger partial charge >= 0.3 is 12.1 Å². The van der Waals surface area contributed by atoms with Crippen molar-refractivity contribution in [1.82, 2.24) is 5.32 Å². The van der Waals surface area contributed by atoms with Gasteiger partial charge in [-0.05, 0) is 23.1 Å². The summed E-state index contributed by atoms with van der Waals surface area (Å²) in [5, 5.41) is 12.8. The van der Waals surface area contributed by atoms with E-state index in [9.17, 15) is 9.59 Å². The summed E-state index contributed by atoms with van der Waals surface area (Å²) < 4.78 is 4.42. The van der Waals surface area contributed by atoms with Crippen LogP contribution < -0.4 is 5.32 Å². The van der Waals surface area contributed by atoms with Crippen molar-refractivity contribution in [2.45, 2.75) is 6.54 Å². The van der Waals surface area contributed by atoms with Gasteiger partial charge in [-0.15, -0.1) is 11.3 Å². The zero-order valence-electron chi connectivity index (χ0n) is 8.60. The summed E-state index contributed by atoms with van der Waals surface area (Å²) in [6.07, 6.45) is 2.08. The monoisotopic (exact) mass is 241 g/mol. The fourth-order valence-corrected chi connectivity index (χ4v) is 1.77. The molecule has 0 radical (unpaired) electrons. The first-order valence-electron chi connectivity index (χ1n) is 4.42. The highest BCUT2D eigenvalue weighted by Crippen LogP contribution is 2.15. The van der Waals surface area contributed by atoms with Gasteiger partial charge in [0.15, 0.2) is 0 Å². The molecule has 0 aliphatic rings. The summed E-state index contributed by atoms with van der Waals surface area (Å²) in [5.74, 6) is -0.986. The molecule has 5 nitrogen and oxygen atoms in total. The van der Waals surface area contributed by atoms with E-state index in [2.05, 4.69) is 10.1 Å². The normalized spacial score (nSPS) is 10.3. The second-order valence-corrected chi connectivity index (χ2v) is 3.86. The third kappa shape index (κ3) is 4.14. The lowest BCUT2D eigenvalue weighted by molar-refractivity contribution is -0.131. The van der Waals surface area contributed by atoms with Gasteiger partial charge in [0.2, 0.25) is 0 Å². The Balaban J connectivity index is 2.51. The van der Waals surface area contributed by atoms with Gasteiger partial charge in [0.05, 0.1) is 13.7 Å². The Labute approximate surface area is 96.4 Å². The lowest BCUT2D eigenvalue weighted by Gasteiger charge is -1.99. The number of rotatable bonds is 4. The van der Waals surface area contributed by atoms with Gasteiger partial charge in [-0.1, -0.05) is 0 Å². The zero-order chi connectivity index (χ0) is 12.0. The quantitative estimate of drug-likeness (QED) is 0.787. The highest BCUT2D eigenvalue weighted by atomic mass is 32.1. The highest BCUT2D eigenvalue weighted by molar-refractivity contribution is 7.10. The second-order valence-electron chi connectivity index (χ2n) is 2.86. The fourth-order valence-electron chi connectivity index (χ4n) is 0.977. The predicted octanol–water partition coefficient (Wildman–Crippen LogP) is 1.70. The third-order valence-corrected chi connectivity index (χ3v) is 2.64. The molecule has 0 atom stereocenters. The maximum Gasteiger partial charge on any atom is 0.407 e. The summed E-state index contributed by atoms with van der Waals surface area (Å²) in [5.41, 5.74) is 0.800. The van der Waals surface area contributed by atoms with Crippen LogP contribution in [0.15, 0.2) is 17.5 Å². The number of thiophene rings is 1. The molecule has 1 aromatic rings. The van der Waals surface area contributed by atoms with Gasteiger partial charge < -0.3 is 15.2 Å². The molecular weight excluding hydrogens is 230 g/mol. The van der Waals surface area contributed by atoms with Gasteiger partial charge in [-0.2, -0.15) is 0 Å². The number of hydrogen-bond donors (Lipinski definition) is 2. The van der Waals surface area contributed by atoms with Crippen molar-refractivity contribution in [2.24, 2.45) is 0 Å². The number of hydrogen-bond acceptors (Lipinski definition) is 4. The molecule has 0 bridgehead atoms. The molecule has 1 rings (SSSR count). The Kier molecular flexibility index (Phi) is 4.53. The van der Waals surface area contributed by atoms with E-state index in [1.165, 1.54) is 24.5 Å². The molecule has 0 aliphatic heterocycles. The summed E-state index contributed by atoms with van der Waals surface area (Å²) in [7, 11) is 1.30. The number of carbonyl (C=O) groups excluding carboxylic acids is 1. The molecule has 0 aliphatic carbocycles. The van der Waals surface area contributed by atoms with Crippen LogP contribution in [0.4, 0.5) is 4.79 Å². The van der Waals surface area contributed by atoms with Crippen LogP contribution >= 0.6 is 11.3 Å². The molecule has 86 valence electrons. The van der Waals surface area contributed by atoms with E-state index in [4.69, 9.17) is 5.11 Å². The number of aliphatic carboxylic acids is 1. The van der Waals surface area contributed by atoms with Crippen LogP contribution in [-0.4, -0.2) is 24.3 Å². The molecule has 0 saturated heterocycles. The summed E-state index contributed by atoms with van der Waals surface area (Å²) in [4.78, 5) is 22.0. The van der Waals surface area contributed by atoms with Crippen molar-refractivity contribution in [3.05, 3.63) is 28.0 Å². The average Bonchev–Trinajstić information content (AvgIpc) is 2.71. The van der Waals surface area contributed by atoms with Gasteiger partial charge in [0.1, 0.15) is 0 Å². The summed E-state index contributed by atoms with van der Waals surface area (Å²) in [6.45, 7) is 0.373. The number of methoxy groups -OCH3 is 1. The molecule has 0 unspecified atom stereocenters. The van der Waals surface area contributed by atoms with Crippen molar-refractivity contribution in [3.8, 4) is 0 Å². The molecule has 1 amide bonds. The van der Waals surface area contributed by atoms with Crippen LogP contribution in [0.3, 0.4) is 0 Å². The van der Waals surface area contributed by atoms with Crippen molar-refractivity contribution in [3.63, 3.8) is 0 Å². The number of alkyl carbamates (subject to hydrolysis) is 1. The second kappa shape index (κ2) is 5.92. The van der Waals surface area contributed by atoms with Crippen molar-refractivity contribution < 1.29 is 19.4 Å². The van der Waals surface area contributed by atoms with Crippen LogP contribution in [-0.2, 0) is 16.1 Å². The lowest BCUT2D eigenvalue weighted by atomic mass is 10.3. The van der Waals surface area contributed by atoms with E-state index < -0.39 is 12.1 Å². The smallest absolute Gasteiger partial charge is 0.407 e. The molecule has 0 saturated carbocycles. The summed E-state index contributed by atoms with van der Waals surface area (Å²) in [6, 6.07) is 1.81. The van der Waals surface area contributed by atoms with E-state index in [0.29, 0.717) is 6.54 Å². The molecule has 1 aromatic heterocycles. The predicted molar refractivity (Wildman–Crippen MR) is 60.2 cm³/mol.